The van der Waals surface area contributed by atoms with Gasteiger partial charge in [-0.3, -0.25) is 28.4 Å². The molecule has 11 heteroatoms. The van der Waals surface area contributed by atoms with E-state index in [2.05, 4.69) is 4.98 Å². The van der Waals surface area contributed by atoms with Crippen LogP contribution < -0.4 is 11.2 Å². The van der Waals surface area contributed by atoms with Crippen LogP contribution in [0.3, 0.4) is 0 Å². The third-order valence-corrected chi connectivity index (χ3v) is 5.12. The molecule has 8 nitrogen and oxygen atoms in total. The minimum absolute atomic E-state index is 0.0226. The minimum atomic E-state index is -4.72. The number of hydrogen-bond acceptors (Lipinski definition) is 5. The lowest BCUT2D eigenvalue weighted by molar-refractivity contribution is -0.141. The van der Waals surface area contributed by atoms with Crippen LogP contribution >= 0.6 is 0 Å². The Labute approximate surface area is 172 Å². The van der Waals surface area contributed by atoms with Crippen molar-refractivity contribution in [1.29, 1.82) is 0 Å². The molecule has 0 saturated heterocycles. The number of imide groups is 1. The molecular formula is C20H15F3N4O4. The van der Waals surface area contributed by atoms with E-state index >= 15 is 0 Å². The van der Waals surface area contributed by atoms with Crippen molar-refractivity contribution < 1.29 is 22.8 Å². The largest absolute Gasteiger partial charge is 0.433 e. The number of pyridine rings is 1. The van der Waals surface area contributed by atoms with Crippen molar-refractivity contribution in [1.82, 2.24) is 19.0 Å². The number of carbonyl (C=O) groups is 2. The molecule has 4 rings (SSSR count). The maximum absolute atomic E-state index is 12.9. The van der Waals surface area contributed by atoms with Crippen LogP contribution in [0.2, 0.25) is 0 Å². The van der Waals surface area contributed by atoms with E-state index in [1.165, 1.54) is 7.05 Å². The van der Waals surface area contributed by atoms with E-state index in [0.717, 1.165) is 20.1 Å². The molecule has 0 atom stereocenters. The summed E-state index contributed by atoms with van der Waals surface area (Å²) in [5.41, 5.74) is -2.64. The number of aryl methyl sites for hydroxylation is 1. The number of fused-ring (bicyclic) bond motifs is 2. The van der Waals surface area contributed by atoms with Gasteiger partial charge in [0.25, 0.3) is 17.4 Å². The highest BCUT2D eigenvalue weighted by atomic mass is 19.4. The molecule has 31 heavy (non-hydrogen) atoms. The number of rotatable bonds is 4. The maximum Gasteiger partial charge on any atom is 0.433 e. The minimum Gasteiger partial charge on any atom is -0.280 e. The number of alkyl halides is 3. The van der Waals surface area contributed by atoms with Gasteiger partial charge in [-0.15, -0.1) is 0 Å². The predicted molar refractivity (Wildman–Crippen MR) is 103 cm³/mol. The van der Waals surface area contributed by atoms with Crippen molar-refractivity contribution in [3.05, 3.63) is 74.1 Å². The maximum atomic E-state index is 12.9. The van der Waals surface area contributed by atoms with Gasteiger partial charge in [-0.2, -0.15) is 13.2 Å². The zero-order valence-electron chi connectivity index (χ0n) is 16.1. The van der Waals surface area contributed by atoms with E-state index in [0.29, 0.717) is 6.07 Å². The third-order valence-electron chi connectivity index (χ3n) is 5.12. The van der Waals surface area contributed by atoms with Crippen LogP contribution in [-0.4, -0.2) is 37.4 Å². The van der Waals surface area contributed by atoms with Crippen LogP contribution in [0.1, 0.15) is 32.8 Å². The molecule has 1 aliphatic heterocycles. The smallest absolute Gasteiger partial charge is 0.280 e. The summed E-state index contributed by atoms with van der Waals surface area (Å²) in [6, 6.07) is 8.03. The molecule has 0 spiro atoms. The summed E-state index contributed by atoms with van der Waals surface area (Å²) in [4.78, 5) is 54.5. The van der Waals surface area contributed by atoms with Gasteiger partial charge < -0.3 is 0 Å². The van der Waals surface area contributed by atoms with Gasteiger partial charge in [0.05, 0.1) is 16.5 Å². The van der Waals surface area contributed by atoms with Gasteiger partial charge in [0.1, 0.15) is 11.3 Å². The van der Waals surface area contributed by atoms with Crippen LogP contribution in [0.5, 0.6) is 0 Å². The Morgan fingerprint density at radius 3 is 2.10 bits per heavy atom. The van der Waals surface area contributed by atoms with Crippen molar-refractivity contribution in [3.8, 4) is 0 Å². The molecule has 1 aliphatic rings. The number of benzene rings is 1. The highest BCUT2D eigenvalue weighted by Gasteiger charge is 2.35. The summed E-state index contributed by atoms with van der Waals surface area (Å²) < 4.78 is 40.5. The Morgan fingerprint density at radius 2 is 1.52 bits per heavy atom. The van der Waals surface area contributed by atoms with Crippen LogP contribution in [0.15, 0.2) is 46.0 Å². The average molecular weight is 432 g/mol. The quantitative estimate of drug-likeness (QED) is 0.586. The summed E-state index contributed by atoms with van der Waals surface area (Å²) in [6.45, 7) is -0.152. The molecule has 0 bridgehead atoms. The van der Waals surface area contributed by atoms with Gasteiger partial charge in [-0.05, 0) is 30.7 Å². The van der Waals surface area contributed by atoms with Crippen LogP contribution in [0.25, 0.3) is 11.0 Å². The van der Waals surface area contributed by atoms with Crippen molar-refractivity contribution in [2.45, 2.75) is 19.1 Å². The van der Waals surface area contributed by atoms with E-state index in [-0.39, 0.29) is 41.7 Å². The first kappa shape index (κ1) is 20.5. The topological polar surface area (TPSA) is 94.3 Å². The molecule has 1 aromatic carbocycles. The fraction of sp³-hybridized carbons (Fsp3) is 0.250. The number of halogens is 3. The van der Waals surface area contributed by atoms with E-state index < -0.39 is 34.9 Å². The lowest BCUT2D eigenvalue weighted by atomic mass is 10.1. The second kappa shape index (κ2) is 7.18. The summed E-state index contributed by atoms with van der Waals surface area (Å²) >= 11 is 0. The number of amides is 2. The lowest BCUT2D eigenvalue weighted by Gasteiger charge is -2.15. The highest BCUT2D eigenvalue weighted by molar-refractivity contribution is 6.21. The van der Waals surface area contributed by atoms with E-state index in [1.54, 1.807) is 24.3 Å². The van der Waals surface area contributed by atoms with Crippen molar-refractivity contribution in [3.63, 3.8) is 0 Å². The van der Waals surface area contributed by atoms with Gasteiger partial charge in [-0.25, -0.2) is 9.78 Å². The Kier molecular flexibility index (Phi) is 4.75. The summed E-state index contributed by atoms with van der Waals surface area (Å²) in [5.74, 6) is -0.911. The molecule has 0 fully saturated rings. The molecule has 0 aliphatic carbocycles. The van der Waals surface area contributed by atoms with E-state index in [4.69, 9.17) is 0 Å². The van der Waals surface area contributed by atoms with Crippen LogP contribution in [0, 0.1) is 0 Å². The Balaban J connectivity index is 1.60. The molecule has 3 heterocycles. The molecule has 2 aromatic heterocycles. The zero-order chi connectivity index (χ0) is 22.5. The molecule has 0 unspecified atom stereocenters. The highest BCUT2D eigenvalue weighted by Crippen LogP contribution is 2.28. The average Bonchev–Trinajstić information content (AvgIpc) is 2.98. The number of hydrogen-bond donors (Lipinski definition) is 0. The van der Waals surface area contributed by atoms with Crippen molar-refractivity contribution >= 4 is 22.8 Å². The summed E-state index contributed by atoms with van der Waals surface area (Å²) in [7, 11) is 1.22. The van der Waals surface area contributed by atoms with Gasteiger partial charge in [0.15, 0.2) is 0 Å². The molecule has 0 radical (unpaired) electrons. The second-order valence-electron chi connectivity index (χ2n) is 7.02. The monoisotopic (exact) mass is 432 g/mol. The fourth-order valence-electron chi connectivity index (χ4n) is 3.56. The summed E-state index contributed by atoms with van der Waals surface area (Å²) in [6.07, 6.45) is -4.61. The van der Waals surface area contributed by atoms with E-state index in [1.807, 2.05) is 0 Å². The Bertz CT molecular complexity index is 1320. The van der Waals surface area contributed by atoms with E-state index in [9.17, 15) is 32.3 Å². The zero-order valence-corrected chi connectivity index (χ0v) is 16.1. The van der Waals surface area contributed by atoms with Gasteiger partial charge in [0, 0.05) is 20.1 Å². The molecule has 3 aromatic rings. The molecule has 2 amide bonds. The third kappa shape index (κ3) is 3.31. The lowest BCUT2D eigenvalue weighted by Crippen LogP contribution is -2.40. The SMILES string of the molecule is Cn1c(=O)n(CCCN2C(=O)c3ccccc3C2=O)c(=O)c2ccc(C(F)(F)F)nc21. The number of carbonyl (C=O) groups excluding carboxylic acids is 2. The summed E-state index contributed by atoms with van der Waals surface area (Å²) in [5, 5.41) is -0.143. The molecular weight excluding hydrogens is 417 g/mol. The molecule has 0 N–H and O–H groups in total. The Morgan fingerprint density at radius 1 is 0.903 bits per heavy atom. The molecule has 0 saturated carbocycles. The van der Waals surface area contributed by atoms with Gasteiger partial charge in [0.2, 0.25) is 0 Å². The standard InChI is InChI=1S/C20H15F3N4O4/c1-25-15-13(7-8-14(24-15)20(21,22)23)18(30)27(19(25)31)10-4-9-26-16(28)11-5-2-3-6-12(11)17(26)29/h2-3,5-8H,4,9-10H2,1H3. The first-order chi connectivity index (χ1) is 14.6. The van der Waals surface area contributed by atoms with Gasteiger partial charge >= 0.3 is 11.9 Å². The van der Waals surface area contributed by atoms with Crippen LogP contribution in [-0.2, 0) is 19.8 Å². The number of aromatic nitrogens is 3. The van der Waals surface area contributed by atoms with Gasteiger partial charge in [-0.1, -0.05) is 12.1 Å². The second-order valence-corrected chi connectivity index (χ2v) is 7.02. The first-order valence-corrected chi connectivity index (χ1v) is 9.24. The number of nitrogens with zero attached hydrogens (tertiary/aromatic N) is 4. The van der Waals surface area contributed by atoms with Crippen LogP contribution in [0.4, 0.5) is 13.2 Å². The normalized spacial score (nSPS) is 13.9. The fourth-order valence-corrected chi connectivity index (χ4v) is 3.56. The van der Waals surface area contributed by atoms with Crippen molar-refractivity contribution in [2.75, 3.05) is 6.54 Å². The first-order valence-electron chi connectivity index (χ1n) is 9.24. The Hall–Kier alpha value is -3.76. The van der Waals surface area contributed by atoms with Crippen molar-refractivity contribution in [2.24, 2.45) is 7.05 Å². The molecule has 160 valence electrons. The predicted octanol–water partition coefficient (Wildman–Crippen LogP) is 1.80.